The highest BCUT2D eigenvalue weighted by molar-refractivity contribution is 5.18. The Kier molecular flexibility index (Phi) is 4.98. The molecule has 2 heteroatoms. The first-order chi connectivity index (χ1) is 9.11. The molecule has 1 aliphatic rings. The fourth-order valence-corrected chi connectivity index (χ4v) is 3.33. The minimum Gasteiger partial charge on any atom is -0.310 e. The van der Waals surface area contributed by atoms with Gasteiger partial charge in [-0.15, -0.1) is 0 Å². The SMILES string of the molecule is CCNC(c1ccc(C)nc1)C1CCC(C)C(C)C1. The van der Waals surface area contributed by atoms with Crippen LogP contribution < -0.4 is 5.32 Å². The van der Waals surface area contributed by atoms with Crippen molar-refractivity contribution >= 4 is 0 Å². The van der Waals surface area contributed by atoms with E-state index in [1.54, 1.807) is 0 Å². The number of pyridine rings is 1. The van der Waals surface area contributed by atoms with E-state index in [0.29, 0.717) is 6.04 Å². The number of rotatable bonds is 4. The maximum Gasteiger partial charge on any atom is 0.0372 e. The van der Waals surface area contributed by atoms with Crippen molar-refractivity contribution < 1.29 is 0 Å². The van der Waals surface area contributed by atoms with Crippen molar-refractivity contribution in [1.82, 2.24) is 10.3 Å². The highest BCUT2D eigenvalue weighted by Crippen LogP contribution is 2.39. The quantitative estimate of drug-likeness (QED) is 0.881. The molecule has 0 saturated heterocycles. The van der Waals surface area contributed by atoms with E-state index in [-0.39, 0.29) is 0 Å². The molecular formula is C17H28N2. The van der Waals surface area contributed by atoms with Crippen LogP contribution in [0.2, 0.25) is 0 Å². The lowest BCUT2D eigenvalue weighted by molar-refractivity contribution is 0.172. The van der Waals surface area contributed by atoms with Gasteiger partial charge in [0, 0.05) is 17.9 Å². The second-order valence-corrected chi connectivity index (χ2v) is 6.30. The van der Waals surface area contributed by atoms with Gasteiger partial charge in [0.15, 0.2) is 0 Å². The van der Waals surface area contributed by atoms with Gasteiger partial charge in [-0.1, -0.05) is 33.3 Å². The molecule has 0 bridgehead atoms. The lowest BCUT2D eigenvalue weighted by atomic mass is 9.72. The Morgan fingerprint density at radius 2 is 2.05 bits per heavy atom. The van der Waals surface area contributed by atoms with E-state index in [4.69, 9.17) is 0 Å². The van der Waals surface area contributed by atoms with Gasteiger partial charge >= 0.3 is 0 Å². The Morgan fingerprint density at radius 1 is 1.26 bits per heavy atom. The first-order valence-electron chi connectivity index (χ1n) is 7.77. The van der Waals surface area contributed by atoms with Crippen LogP contribution in [-0.2, 0) is 0 Å². The van der Waals surface area contributed by atoms with Crippen LogP contribution in [0.15, 0.2) is 18.3 Å². The molecule has 0 aromatic carbocycles. The van der Waals surface area contributed by atoms with Crippen molar-refractivity contribution in [3.05, 3.63) is 29.6 Å². The summed E-state index contributed by atoms with van der Waals surface area (Å²) in [6, 6.07) is 4.86. The van der Waals surface area contributed by atoms with Gasteiger partial charge in [-0.2, -0.15) is 0 Å². The van der Waals surface area contributed by atoms with Crippen LogP contribution >= 0.6 is 0 Å². The Balaban J connectivity index is 2.13. The van der Waals surface area contributed by atoms with Crippen molar-refractivity contribution in [1.29, 1.82) is 0 Å². The third-order valence-corrected chi connectivity index (χ3v) is 4.83. The van der Waals surface area contributed by atoms with Crippen molar-refractivity contribution in [2.75, 3.05) is 6.54 Å². The molecule has 4 unspecified atom stereocenters. The molecule has 0 aliphatic heterocycles. The van der Waals surface area contributed by atoms with Crippen LogP contribution in [0.25, 0.3) is 0 Å². The minimum atomic E-state index is 0.480. The maximum atomic E-state index is 4.47. The number of hydrogen-bond acceptors (Lipinski definition) is 2. The van der Waals surface area contributed by atoms with Gasteiger partial charge in [-0.25, -0.2) is 0 Å². The summed E-state index contributed by atoms with van der Waals surface area (Å²) >= 11 is 0. The van der Waals surface area contributed by atoms with E-state index in [1.807, 2.05) is 0 Å². The number of hydrogen-bond donors (Lipinski definition) is 1. The molecule has 1 aliphatic carbocycles. The number of aromatic nitrogens is 1. The lowest BCUT2D eigenvalue weighted by Crippen LogP contribution is -2.33. The third kappa shape index (κ3) is 3.56. The van der Waals surface area contributed by atoms with Crippen LogP contribution in [0, 0.1) is 24.7 Å². The normalized spacial score (nSPS) is 29.2. The largest absolute Gasteiger partial charge is 0.310 e. The monoisotopic (exact) mass is 260 g/mol. The summed E-state index contributed by atoms with van der Waals surface area (Å²) in [7, 11) is 0. The minimum absolute atomic E-state index is 0.480. The van der Waals surface area contributed by atoms with Gasteiger partial charge < -0.3 is 5.32 Å². The molecule has 1 aromatic heterocycles. The Bertz CT molecular complexity index is 385. The topological polar surface area (TPSA) is 24.9 Å². The van der Waals surface area contributed by atoms with E-state index < -0.39 is 0 Å². The molecule has 1 saturated carbocycles. The lowest BCUT2D eigenvalue weighted by Gasteiger charge is -2.37. The van der Waals surface area contributed by atoms with Gasteiger partial charge in [0.25, 0.3) is 0 Å². The average Bonchev–Trinajstić information content (AvgIpc) is 2.41. The van der Waals surface area contributed by atoms with Gasteiger partial charge in [0.05, 0.1) is 0 Å². The first kappa shape index (κ1) is 14.5. The number of aryl methyl sites for hydroxylation is 1. The summed E-state index contributed by atoms with van der Waals surface area (Å²) in [6.45, 7) is 10.1. The predicted molar refractivity (Wildman–Crippen MR) is 81.1 cm³/mol. The summed E-state index contributed by atoms with van der Waals surface area (Å²) in [6.07, 6.45) is 6.11. The van der Waals surface area contributed by atoms with Crippen LogP contribution in [0.5, 0.6) is 0 Å². The molecule has 0 spiro atoms. The number of nitrogens with zero attached hydrogens (tertiary/aromatic N) is 1. The molecule has 19 heavy (non-hydrogen) atoms. The molecule has 2 rings (SSSR count). The maximum absolute atomic E-state index is 4.47. The zero-order valence-electron chi connectivity index (χ0n) is 12.8. The molecule has 1 aromatic rings. The summed E-state index contributed by atoms with van der Waals surface area (Å²) < 4.78 is 0. The fourth-order valence-electron chi connectivity index (χ4n) is 3.33. The molecule has 0 radical (unpaired) electrons. The van der Waals surface area contributed by atoms with E-state index >= 15 is 0 Å². The molecular weight excluding hydrogens is 232 g/mol. The number of nitrogens with one attached hydrogen (secondary N) is 1. The van der Waals surface area contributed by atoms with Crippen LogP contribution in [0.3, 0.4) is 0 Å². The Labute approximate surface area is 118 Å². The van der Waals surface area contributed by atoms with E-state index in [0.717, 1.165) is 30.0 Å². The van der Waals surface area contributed by atoms with Gasteiger partial charge in [-0.3, -0.25) is 4.98 Å². The summed E-state index contributed by atoms with van der Waals surface area (Å²) in [4.78, 5) is 4.47. The van der Waals surface area contributed by atoms with Crippen LogP contribution in [0.4, 0.5) is 0 Å². The molecule has 0 amide bonds. The molecule has 1 heterocycles. The van der Waals surface area contributed by atoms with Crippen LogP contribution in [0.1, 0.15) is 57.3 Å². The second kappa shape index (κ2) is 6.51. The van der Waals surface area contributed by atoms with E-state index in [9.17, 15) is 0 Å². The standard InChI is InChI=1S/C17H28N2/c1-5-18-17(16-9-7-14(4)19-11-16)15-8-6-12(2)13(3)10-15/h7,9,11-13,15,17-18H,5-6,8,10H2,1-4H3. The molecule has 4 atom stereocenters. The van der Waals surface area contributed by atoms with Gasteiger partial charge in [-0.05, 0) is 55.7 Å². The molecule has 1 N–H and O–H groups in total. The molecule has 106 valence electrons. The van der Waals surface area contributed by atoms with E-state index in [2.05, 4.69) is 56.3 Å². The fraction of sp³-hybridized carbons (Fsp3) is 0.706. The molecule has 1 fully saturated rings. The van der Waals surface area contributed by atoms with Gasteiger partial charge in [0.2, 0.25) is 0 Å². The third-order valence-electron chi connectivity index (χ3n) is 4.83. The first-order valence-corrected chi connectivity index (χ1v) is 7.77. The Hall–Kier alpha value is -0.890. The second-order valence-electron chi connectivity index (χ2n) is 6.30. The van der Waals surface area contributed by atoms with Crippen molar-refractivity contribution in [3.8, 4) is 0 Å². The highest BCUT2D eigenvalue weighted by Gasteiger charge is 2.30. The predicted octanol–water partition coefficient (Wildman–Crippen LogP) is 4.11. The van der Waals surface area contributed by atoms with Crippen LogP contribution in [-0.4, -0.2) is 11.5 Å². The summed E-state index contributed by atoms with van der Waals surface area (Å²) in [5.74, 6) is 2.49. The van der Waals surface area contributed by atoms with Crippen molar-refractivity contribution in [2.24, 2.45) is 17.8 Å². The van der Waals surface area contributed by atoms with Gasteiger partial charge in [0.1, 0.15) is 0 Å². The smallest absolute Gasteiger partial charge is 0.0372 e. The zero-order valence-corrected chi connectivity index (χ0v) is 12.8. The summed E-state index contributed by atoms with van der Waals surface area (Å²) in [5, 5.41) is 3.68. The van der Waals surface area contributed by atoms with Crippen molar-refractivity contribution in [3.63, 3.8) is 0 Å². The van der Waals surface area contributed by atoms with Crippen molar-refractivity contribution in [2.45, 2.75) is 53.0 Å². The summed E-state index contributed by atoms with van der Waals surface area (Å²) in [5.41, 5.74) is 2.46. The van der Waals surface area contributed by atoms with E-state index in [1.165, 1.54) is 24.8 Å². The Morgan fingerprint density at radius 3 is 2.63 bits per heavy atom. The highest BCUT2D eigenvalue weighted by atomic mass is 14.9. The molecule has 2 nitrogen and oxygen atoms in total. The zero-order chi connectivity index (χ0) is 13.8. The average molecular weight is 260 g/mol.